The van der Waals surface area contributed by atoms with Crippen LogP contribution in [0.4, 0.5) is 0 Å². The Hall–Kier alpha value is -2.22. The lowest BCUT2D eigenvalue weighted by Crippen LogP contribution is -2.43. The van der Waals surface area contributed by atoms with E-state index in [1.54, 1.807) is 14.2 Å². The van der Waals surface area contributed by atoms with Gasteiger partial charge in [-0.1, -0.05) is 37.9 Å². The highest BCUT2D eigenvalue weighted by Crippen LogP contribution is 2.38. The number of amides is 1. The molecule has 1 aliphatic carbocycles. The summed E-state index contributed by atoms with van der Waals surface area (Å²) in [5.41, 5.74) is 0.721. The van der Waals surface area contributed by atoms with Gasteiger partial charge in [0.05, 0.1) is 20.0 Å². The van der Waals surface area contributed by atoms with E-state index in [1.165, 1.54) is 31.0 Å². The second-order valence-corrected chi connectivity index (χ2v) is 9.55. The van der Waals surface area contributed by atoms with Gasteiger partial charge in [0.1, 0.15) is 0 Å². The molecular weight excluding hydrogens is 412 g/mol. The molecule has 1 aliphatic rings. The van der Waals surface area contributed by atoms with Gasteiger partial charge in [-0.3, -0.25) is 9.36 Å². The molecule has 0 atom stereocenters. The molecule has 1 aromatic heterocycles. The van der Waals surface area contributed by atoms with Gasteiger partial charge in [0.15, 0.2) is 22.5 Å². The number of methoxy groups -OCH3 is 2. The summed E-state index contributed by atoms with van der Waals surface area (Å²) in [6.07, 6.45) is 6.74. The molecule has 31 heavy (non-hydrogen) atoms. The number of nitrogens with one attached hydrogen (secondary N) is 1. The van der Waals surface area contributed by atoms with Gasteiger partial charge in [0, 0.05) is 17.1 Å². The van der Waals surface area contributed by atoms with Crippen LogP contribution in [0.3, 0.4) is 0 Å². The van der Waals surface area contributed by atoms with E-state index in [9.17, 15) is 4.79 Å². The van der Waals surface area contributed by atoms with E-state index >= 15 is 0 Å². The third kappa shape index (κ3) is 5.73. The zero-order valence-corrected chi connectivity index (χ0v) is 20.1. The number of ether oxygens (including phenoxy) is 2. The number of benzene rings is 1. The number of rotatable bonds is 9. The van der Waals surface area contributed by atoms with E-state index in [4.69, 9.17) is 9.47 Å². The van der Waals surface area contributed by atoms with Crippen molar-refractivity contribution in [1.29, 1.82) is 0 Å². The van der Waals surface area contributed by atoms with Crippen molar-refractivity contribution in [2.45, 2.75) is 76.0 Å². The topological polar surface area (TPSA) is 78.3 Å². The standard InChI is InChI=1S/C23H34N4O3S/c1-6-23(2,3)24-20(28)15-31-22-26-25-21(27(22)17-10-8-7-9-11-17)16-12-13-18(29-4)19(14-16)30-5/h12-14,17H,6-11,15H2,1-5H3,(H,24,28). The number of aromatic nitrogens is 3. The SMILES string of the molecule is CCC(C)(C)NC(=O)CSc1nnc(-c2ccc(OC)c(OC)c2)n1C1CCCCC1. The van der Waals surface area contributed by atoms with E-state index in [2.05, 4.69) is 27.0 Å². The molecule has 1 saturated carbocycles. The molecule has 1 N–H and O–H groups in total. The zero-order chi connectivity index (χ0) is 22.4. The number of hydrogen-bond acceptors (Lipinski definition) is 6. The Kier molecular flexibility index (Phi) is 7.86. The van der Waals surface area contributed by atoms with Crippen molar-refractivity contribution in [2.24, 2.45) is 0 Å². The van der Waals surface area contributed by atoms with Gasteiger partial charge >= 0.3 is 0 Å². The lowest BCUT2D eigenvalue weighted by Gasteiger charge is -2.26. The Bertz CT molecular complexity index is 891. The van der Waals surface area contributed by atoms with Crippen molar-refractivity contribution in [1.82, 2.24) is 20.1 Å². The quantitative estimate of drug-likeness (QED) is 0.554. The first-order chi connectivity index (χ1) is 14.9. The Morgan fingerprint density at radius 2 is 1.87 bits per heavy atom. The third-order valence-electron chi connectivity index (χ3n) is 5.94. The summed E-state index contributed by atoms with van der Waals surface area (Å²) in [5.74, 6) is 2.49. The maximum Gasteiger partial charge on any atom is 0.230 e. The molecule has 1 amide bonds. The molecule has 1 aromatic carbocycles. The van der Waals surface area contributed by atoms with Gasteiger partial charge in [-0.25, -0.2) is 0 Å². The number of thioether (sulfide) groups is 1. The highest BCUT2D eigenvalue weighted by atomic mass is 32.2. The monoisotopic (exact) mass is 446 g/mol. The van der Waals surface area contributed by atoms with Crippen LogP contribution in [-0.2, 0) is 4.79 Å². The van der Waals surface area contributed by atoms with Crippen LogP contribution in [0.1, 0.15) is 65.3 Å². The van der Waals surface area contributed by atoms with Crippen LogP contribution >= 0.6 is 11.8 Å². The molecule has 1 fully saturated rings. The number of hydrogen-bond donors (Lipinski definition) is 1. The van der Waals surface area contributed by atoms with Gasteiger partial charge in [0.25, 0.3) is 0 Å². The van der Waals surface area contributed by atoms with Crippen molar-refractivity contribution >= 4 is 17.7 Å². The predicted octanol–water partition coefficient (Wildman–Crippen LogP) is 4.86. The van der Waals surface area contributed by atoms with Crippen molar-refractivity contribution in [3.05, 3.63) is 18.2 Å². The van der Waals surface area contributed by atoms with Crippen LogP contribution in [0.25, 0.3) is 11.4 Å². The molecule has 1 heterocycles. The van der Waals surface area contributed by atoms with Crippen molar-refractivity contribution < 1.29 is 14.3 Å². The van der Waals surface area contributed by atoms with E-state index in [0.29, 0.717) is 23.3 Å². The molecule has 0 spiro atoms. The fourth-order valence-corrected chi connectivity index (χ4v) is 4.65. The zero-order valence-electron chi connectivity index (χ0n) is 19.2. The van der Waals surface area contributed by atoms with Crippen LogP contribution in [0, 0.1) is 0 Å². The normalized spacial score (nSPS) is 15.0. The molecule has 170 valence electrons. The lowest BCUT2D eigenvalue weighted by atomic mass is 9.95. The smallest absolute Gasteiger partial charge is 0.230 e. The molecule has 0 aliphatic heterocycles. The Morgan fingerprint density at radius 3 is 2.52 bits per heavy atom. The minimum Gasteiger partial charge on any atom is -0.493 e. The Balaban J connectivity index is 1.89. The number of carbonyl (C=O) groups excluding carboxylic acids is 1. The van der Waals surface area contributed by atoms with Crippen molar-refractivity contribution in [3.63, 3.8) is 0 Å². The summed E-state index contributed by atoms with van der Waals surface area (Å²) >= 11 is 1.45. The summed E-state index contributed by atoms with van der Waals surface area (Å²) in [6, 6.07) is 6.15. The highest BCUT2D eigenvalue weighted by Gasteiger charge is 2.25. The van der Waals surface area contributed by atoms with Crippen LogP contribution < -0.4 is 14.8 Å². The molecule has 8 heteroatoms. The molecule has 0 bridgehead atoms. The predicted molar refractivity (Wildman–Crippen MR) is 124 cm³/mol. The second kappa shape index (κ2) is 10.4. The minimum atomic E-state index is -0.209. The number of nitrogens with zero attached hydrogens (tertiary/aromatic N) is 3. The van der Waals surface area contributed by atoms with Crippen LogP contribution in [0.5, 0.6) is 11.5 Å². The first-order valence-corrected chi connectivity index (χ1v) is 12.0. The maximum absolute atomic E-state index is 12.5. The average Bonchev–Trinajstić information content (AvgIpc) is 3.21. The lowest BCUT2D eigenvalue weighted by molar-refractivity contribution is -0.120. The van der Waals surface area contributed by atoms with E-state index in [1.807, 2.05) is 32.0 Å². The Labute approximate surface area is 189 Å². The molecule has 2 aromatic rings. The fraction of sp³-hybridized carbons (Fsp3) is 0.609. The molecular formula is C23H34N4O3S. The average molecular weight is 447 g/mol. The second-order valence-electron chi connectivity index (χ2n) is 8.61. The summed E-state index contributed by atoms with van der Waals surface area (Å²) in [4.78, 5) is 12.5. The minimum absolute atomic E-state index is 0.0164. The Morgan fingerprint density at radius 1 is 1.16 bits per heavy atom. The summed E-state index contributed by atoms with van der Waals surface area (Å²) in [7, 11) is 3.26. The van der Waals surface area contributed by atoms with Gasteiger partial charge in [-0.05, 0) is 51.3 Å². The summed E-state index contributed by atoms with van der Waals surface area (Å²) in [6.45, 7) is 6.15. The highest BCUT2D eigenvalue weighted by molar-refractivity contribution is 7.99. The van der Waals surface area contributed by atoms with Crippen LogP contribution in [0.2, 0.25) is 0 Å². The van der Waals surface area contributed by atoms with E-state index in [-0.39, 0.29) is 11.4 Å². The van der Waals surface area contributed by atoms with Crippen molar-refractivity contribution in [3.8, 4) is 22.9 Å². The first-order valence-electron chi connectivity index (χ1n) is 11.0. The summed E-state index contributed by atoms with van der Waals surface area (Å²) < 4.78 is 13.1. The molecule has 3 rings (SSSR count). The van der Waals surface area contributed by atoms with Crippen LogP contribution in [0.15, 0.2) is 23.4 Å². The third-order valence-corrected chi connectivity index (χ3v) is 6.88. The van der Waals surface area contributed by atoms with Crippen molar-refractivity contribution in [2.75, 3.05) is 20.0 Å². The maximum atomic E-state index is 12.5. The van der Waals surface area contributed by atoms with Gasteiger partial charge < -0.3 is 14.8 Å². The molecule has 0 unspecified atom stereocenters. The summed E-state index contributed by atoms with van der Waals surface area (Å²) in [5, 5.41) is 12.9. The van der Waals surface area contributed by atoms with Gasteiger partial charge in [-0.2, -0.15) is 0 Å². The van der Waals surface area contributed by atoms with Gasteiger partial charge in [0.2, 0.25) is 5.91 Å². The first kappa shape index (κ1) is 23.4. The number of carbonyl (C=O) groups is 1. The molecule has 7 nitrogen and oxygen atoms in total. The fourth-order valence-electron chi connectivity index (χ4n) is 3.85. The van der Waals surface area contributed by atoms with E-state index in [0.717, 1.165) is 35.8 Å². The molecule has 0 saturated heterocycles. The largest absolute Gasteiger partial charge is 0.493 e. The van der Waals surface area contributed by atoms with Crippen LogP contribution in [-0.4, -0.2) is 46.2 Å². The van der Waals surface area contributed by atoms with Gasteiger partial charge in [-0.15, -0.1) is 10.2 Å². The van der Waals surface area contributed by atoms with E-state index < -0.39 is 0 Å². The molecule has 0 radical (unpaired) electrons.